The third kappa shape index (κ3) is 6.05. The van der Waals surface area contributed by atoms with Gasteiger partial charge in [0.15, 0.2) is 0 Å². The Balaban J connectivity index is 1.50. The fourth-order valence-electron chi connectivity index (χ4n) is 4.17. The molecule has 1 aliphatic heterocycles. The summed E-state index contributed by atoms with van der Waals surface area (Å²) in [5, 5.41) is 0. The van der Waals surface area contributed by atoms with Gasteiger partial charge in [-0.2, -0.15) is 0 Å². The summed E-state index contributed by atoms with van der Waals surface area (Å²) in [6.45, 7) is 5.62. The van der Waals surface area contributed by atoms with E-state index in [0.29, 0.717) is 19.8 Å². The molecular weight excluding hydrogens is 400 g/mol. The van der Waals surface area contributed by atoms with E-state index in [2.05, 4.69) is 50.2 Å². The third-order valence-electron chi connectivity index (χ3n) is 5.86. The molecule has 32 heavy (non-hydrogen) atoms. The summed E-state index contributed by atoms with van der Waals surface area (Å²) >= 11 is 0. The number of ether oxygens (including phenoxy) is 4. The van der Waals surface area contributed by atoms with Crippen molar-refractivity contribution in [3.05, 3.63) is 108 Å². The molecule has 0 bridgehead atoms. The molecule has 1 heterocycles. The van der Waals surface area contributed by atoms with Crippen molar-refractivity contribution in [2.75, 3.05) is 0 Å². The Morgan fingerprint density at radius 2 is 0.812 bits per heavy atom. The van der Waals surface area contributed by atoms with E-state index in [0.717, 1.165) is 16.7 Å². The fourth-order valence-corrected chi connectivity index (χ4v) is 4.17. The summed E-state index contributed by atoms with van der Waals surface area (Å²) in [4.78, 5) is 0. The van der Waals surface area contributed by atoms with Crippen molar-refractivity contribution in [3.63, 3.8) is 0 Å². The van der Waals surface area contributed by atoms with Crippen LogP contribution in [0.25, 0.3) is 0 Å². The van der Waals surface area contributed by atoms with Gasteiger partial charge in [0.05, 0.1) is 32.0 Å². The van der Waals surface area contributed by atoms with Gasteiger partial charge in [0, 0.05) is 0 Å². The molecule has 0 saturated carbocycles. The van der Waals surface area contributed by atoms with Gasteiger partial charge in [-0.25, -0.2) is 0 Å². The van der Waals surface area contributed by atoms with Crippen LogP contribution in [0.1, 0.15) is 30.5 Å². The summed E-state index contributed by atoms with van der Waals surface area (Å²) in [6, 6.07) is 30.6. The highest BCUT2D eigenvalue weighted by Gasteiger charge is 2.44. The van der Waals surface area contributed by atoms with Crippen LogP contribution >= 0.6 is 0 Å². The molecule has 0 aromatic heterocycles. The van der Waals surface area contributed by atoms with E-state index in [-0.39, 0.29) is 30.5 Å². The molecule has 3 aromatic carbocycles. The molecule has 2 unspecified atom stereocenters. The fraction of sp³-hybridized carbons (Fsp3) is 0.357. The van der Waals surface area contributed by atoms with Crippen molar-refractivity contribution in [1.29, 1.82) is 0 Å². The van der Waals surface area contributed by atoms with Crippen LogP contribution < -0.4 is 0 Å². The SMILES string of the molecule is CC1O[C@@H](C)[C@@H](OCc2ccccc2)C(OCc2ccccc2)[C@@H]1OCc1ccccc1. The lowest BCUT2D eigenvalue weighted by Gasteiger charge is -2.44. The van der Waals surface area contributed by atoms with Crippen LogP contribution in [0, 0.1) is 0 Å². The molecule has 5 atom stereocenters. The Morgan fingerprint density at radius 1 is 0.500 bits per heavy atom. The van der Waals surface area contributed by atoms with Crippen LogP contribution in [0.2, 0.25) is 0 Å². The van der Waals surface area contributed by atoms with Gasteiger partial charge in [0.2, 0.25) is 0 Å². The van der Waals surface area contributed by atoms with E-state index in [1.54, 1.807) is 0 Å². The maximum Gasteiger partial charge on any atom is 0.115 e. The summed E-state index contributed by atoms with van der Waals surface area (Å²) in [6.07, 6.45) is -0.940. The molecule has 0 radical (unpaired) electrons. The van der Waals surface area contributed by atoms with E-state index in [9.17, 15) is 0 Å². The molecule has 4 heteroatoms. The molecular formula is C28H32O4. The highest BCUT2D eigenvalue weighted by Crippen LogP contribution is 2.30. The molecule has 0 N–H and O–H groups in total. The third-order valence-corrected chi connectivity index (χ3v) is 5.86. The standard InChI is InChI=1S/C28H32O4/c1-21-26(29-18-23-12-6-3-7-13-23)28(31-20-25-16-10-5-11-17-25)27(22(2)32-21)30-19-24-14-8-4-9-15-24/h3-17,21-22,26-28H,18-20H2,1-2H3/t21-,22?,26+,27+,28?/m0/s1. The summed E-state index contributed by atoms with van der Waals surface area (Å²) in [5.41, 5.74) is 3.38. The lowest BCUT2D eigenvalue weighted by atomic mass is 9.95. The number of rotatable bonds is 9. The first-order valence-electron chi connectivity index (χ1n) is 11.3. The van der Waals surface area contributed by atoms with Crippen molar-refractivity contribution < 1.29 is 18.9 Å². The van der Waals surface area contributed by atoms with Crippen LogP contribution in [-0.2, 0) is 38.8 Å². The average Bonchev–Trinajstić information content (AvgIpc) is 2.83. The molecule has 4 rings (SSSR count). The van der Waals surface area contributed by atoms with Crippen LogP contribution in [0.5, 0.6) is 0 Å². The predicted molar refractivity (Wildman–Crippen MR) is 125 cm³/mol. The predicted octanol–water partition coefficient (Wildman–Crippen LogP) is 5.55. The second-order valence-electron chi connectivity index (χ2n) is 8.33. The minimum atomic E-state index is -0.249. The Morgan fingerprint density at radius 3 is 1.16 bits per heavy atom. The number of hydrogen-bond acceptors (Lipinski definition) is 4. The van der Waals surface area contributed by atoms with E-state index in [1.807, 2.05) is 54.6 Å². The molecule has 3 aromatic rings. The second kappa shape index (κ2) is 11.4. The van der Waals surface area contributed by atoms with Gasteiger partial charge >= 0.3 is 0 Å². The van der Waals surface area contributed by atoms with Gasteiger partial charge in [-0.1, -0.05) is 91.0 Å². The quantitative estimate of drug-likeness (QED) is 0.444. The first-order chi connectivity index (χ1) is 15.7. The lowest BCUT2D eigenvalue weighted by Crippen LogP contribution is -2.58. The number of benzene rings is 3. The van der Waals surface area contributed by atoms with E-state index in [1.165, 1.54) is 0 Å². The molecule has 1 saturated heterocycles. The normalized spacial score (nSPS) is 25.5. The Hall–Kier alpha value is -2.50. The van der Waals surface area contributed by atoms with Crippen LogP contribution in [0.4, 0.5) is 0 Å². The first-order valence-corrected chi connectivity index (χ1v) is 11.3. The Bertz CT molecular complexity index is 860. The molecule has 1 fully saturated rings. The molecule has 0 spiro atoms. The average molecular weight is 433 g/mol. The van der Waals surface area contributed by atoms with Gasteiger partial charge in [0.25, 0.3) is 0 Å². The summed E-state index contributed by atoms with van der Waals surface area (Å²) in [5.74, 6) is 0. The monoisotopic (exact) mass is 432 g/mol. The Labute approximate surface area is 191 Å². The minimum absolute atomic E-state index is 0.105. The zero-order valence-electron chi connectivity index (χ0n) is 18.8. The maximum absolute atomic E-state index is 6.48. The highest BCUT2D eigenvalue weighted by molar-refractivity contribution is 5.15. The van der Waals surface area contributed by atoms with Crippen molar-refractivity contribution in [2.45, 2.75) is 64.2 Å². The maximum atomic E-state index is 6.48. The summed E-state index contributed by atoms with van der Waals surface area (Å²) < 4.78 is 25.5. The number of hydrogen-bond donors (Lipinski definition) is 0. The van der Waals surface area contributed by atoms with Crippen molar-refractivity contribution in [3.8, 4) is 0 Å². The summed E-state index contributed by atoms with van der Waals surface area (Å²) in [7, 11) is 0. The van der Waals surface area contributed by atoms with Crippen molar-refractivity contribution in [2.24, 2.45) is 0 Å². The van der Waals surface area contributed by atoms with Crippen molar-refractivity contribution in [1.82, 2.24) is 0 Å². The zero-order valence-corrected chi connectivity index (χ0v) is 18.8. The Kier molecular flexibility index (Phi) is 8.07. The minimum Gasteiger partial charge on any atom is -0.370 e. The van der Waals surface area contributed by atoms with Gasteiger partial charge in [-0.15, -0.1) is 0 Å². The molecule has 168 valence electrons. The molecule has 4 nitrogen and oxygen atoms in total. The topological polar surface area (TPSA) is 36.9 Å². The van der Waals surface area contributed by atoms with Crippen LogP contribution in [-0.4, -0.2) is 30.5 Å². The van der Waals surface area contributed by atoms with E-state index >= 15 is 0 Å². The van der Waals surface area contributed by atoms with Gasteiger partial charge in [-0.05, 0) is 30.5 Å². The van der Waals surface area contributed by atoms with Gasteiger partial charge < -0.3 is 18.9 Å². The van der Waals surface area contributed by atoms with Crippen molar-refractivity contribution >= 4 is 0 Å². The molecule has 0 aliphatic carbocycles. The van der Waals surface area contributed by atoms with Crippen LogP contribution in [0.3, 0.4) is 0 Å². The first kappa shape index (κ1) is 22.7. The zero-order chi connectivity index (χ0) is 22.2. The smallest absolute Gasteiger partial charge is 0.115 e. The van der Waals surface area contributed by atoms with E-state index in [4.69, 9.17) is 18.9 Å². The van der Waals surface area contributed by atoms with Crippen LogP contribution in [0.15, 0.2) is 91.0 Å². The lowest BCUT2D eigenvalue weighted by molar-refractivity contribution is -0.257. The van der Waals surface area contributed by atoms with E-state index < -0.39 is 0 Å². The van der Waals surface area contributed by atoms with Gasteiger partial charge in [0.1, 0.15) is 18.3 Å². The largest absolute Gasteiger partial charge is 0.370 e. The van der Waals surface area contributed by atoms with Gasteiger partial charge in [-0.3, -0.25) is 0 Å². The molecule has 0 amide bonds. The second-order valence-corrected chi connectivity index (χ2v) is 8.33. The highest BCUT2D eigenvalue weighted by atomic mass is 16.6. The molecule has 1 aliphatic rings.